The van der Waals surface area contributed by atoms with Crippen LogP contribution < -0.4 is 37.1 Å². The second-order valence-electron chi connectivity index (χ2n) is 13.7. The fourth-order valence-electron chi connectivity index (χ4n) is 5.56. The summed E-state index contributed by atoms with van der Waals surface area (Å²) in [6.45, 7) is 3.84. The molecule has 3 rings (SSSR count). The standard InChI is InChI=1S/C39H53N7O12/c1-26(2)34(45-33(47)20-23-55-24-22-42-38(51)57-30-9-6-4-3-5-7-10-30)36(49)44-32(11-8-21-41-37(40)50)35(48)43-28-14-12-27(13-15-28)25-56-39(52)58-31-18-16-29(17-19-31)46(53)54/h4,6,12-19,26,30,32,34H,3,5,7-11,20-25H2,1-2H3,(H,42,51)(H,43,48)(H,44,49)(H,45,47)(H3,40,41,50)/b6-4+/t30?,32-,34?/m0/s1. The molecule has 0 aromatic heterocycles. The highest BCUT2D eigenvalue weighted by atomic mass is 16.7. The number of rotatable bonds is 21. The normalized spacial score (nSPS) is 15.3. The summed E-state index contributed by atoms with van der Waals surface area (Å²) in [5.74, 6) is -1.90. The van der Waals surface area contributed by atoms with Crippen LogP contribution in [-0.2, 0) is 35.2 Å². The highest BCUT2D eigenvalue weighted by Crippen LogP contribution is 2.19. The van der Waals surface area contributed by atoms with Crippen molar-refractivity contribution in [3.63, 3.8) is 0 Å². The molecule has 0 heterocycles. The van der Waals surface area contributed by atoms with Gasteiger partial charge in [-0.3, -0.25) is 24.5 Å². The summed E-state index contributed by atoms with van der Waals surface area (Å²) in [5.41, 5.74) is 5.91. The highest BCUT2D eigenvalue weighted by molar-refractivity contribution is 5.98. The Morgan fingerprint density at radius 3 is 2.33 bits per heavy atom. The lowest BCUT2D eigenvalue weighted by molar-refractivity contribution is -0.384. The molecule has 7 N–H and O–H groups in total. The van der Waals surface area contributed by atoms with Gasteiger partial charge >= 0.3 is 18.3 Å². The van der Waals surface area contributed by atoms with Crippen molar-refractivity contribution >= 4 is 47.4 Å². The van der Waals surface area contributed by atoms with Gasteiger partial charge in [-0.25, -0.2) is 14.4 Å². The van der Waals surface area contributed by atoms with Crippen molar-refractivity contribution in [3.05, 3.63) is 76.4 Å². The van der Waals surface area contributed by atoms with Crippen molar-refractivity contribution in [3.8, 4) is 5.75 Å². The van der Waals surface area contributed by atoms with E-state index in [0.29, 0.717) is 17.7 Å². The van der Waals surface area contributed by atoms with Crippen LogP contribution in [0.3, 0.4) is 0 Å². The molecule has 1 aliphatic rings. The summed E-state index contributed by atoms with van der Waals surface area (Å²) >= 11 is 0. The summed E-state index contributed by atoms with van der Waals surface area (Å²) < 4.78 is 21.1. The minimum Gasteiger partial charge on any atom is -0.446 e. The Morgan fingerprint density at radius 1 is 0.897 bits per heavy atom. The third kappa shape index (κ3) is 18.1. The molecular weight excluding hydrogens is 758 g/mol. The minimum atomic E-state index is -1.07. The number of primary amides is 1. The second kappa shape index (κ2) is 25.1. The molecule has 58 heavy (non-hydrogen) atoms. The van der Waals surface area contributed by atoms with Crippen LogP contribution >= 0.6 is 0 Å². The zero-order valence-electron chi connectivity index (χ0n) is 32.7. The lowest BCUT2D eigenvalue weighted by Crippen LogP contribution is -2.54. The molecule has 0 saturated carbocycles. The first kappa shape index (κ1) is 46.1. The summed E-state index contributed by atoms with van der Waals surface area (Å²) in [6, 6.07) is 8.41. The number of hydrogen-bond donors (Lipinski definition) is 6. The zero-order chi connectivity index (χ0) is 42.3. The third-order valence-corrected chi connectivity index (χ3v) is 8.67. The van der Waals surface area contributed by atoms with Crippen molar-refractivity contribution in [1.82, 2.24) is 21.3 Å². The van der Waals surface area contributed by atoms with Crippen LogP contribution in [0.4, 0.5) is 25.8 Å². The number of nitro benzene ring substituents is 1. The number of amides is 6. The van der Waals surface area contributed by atoms with E-state index in [1.807, 2.05) is 6.08 Å². The number of anilines is 1. The van der Waals surface area contributed by atoms with Crippen molar-refractivity contribution in [2.45, 2.75) is 90.0 Å². The number of allylic oxidation sites excluding steroid dienone is 1. The monoisotopic (exact) mass is 811 g/mol. The number of ether oxygens (including phenoxy) is 4. The number of carbonyl (C=O) groups is 6. The summed E-state index contributed by atoms with van der Waals surface area (Å²) in [4.78, 5) is 85.3. The van der Waals surface area contributed by atoms with Crippen LogP contribution in [-0.4, -0.2) is 85.4 Å². The molecule has 316 valence electrons. The smallest absolute Gasteiger partial charge is 0.446 e. The number of hydrogen-bond acceptors (Lipinski definition) is 12. The predicted molar refractivity (Wildman–Crippen MR) is 210 cm³/mol. The molecule has 19 nitrogen and oxygen atoms in total. The molecule has 0 aliphatic heterocycles. The van der Waals surface area contributed by atoms with E-state index in [-0.39, 0.29) is 75.6 Å². The number of non-ortho nitro benzene ring substituents is 1. The largest absolute Gasteiger partial charge is 0.514 e. The van der Waals surface area contributed by atoms with Gasteiger partial charge in [0.15, 0.2) is 0 Å². The summed E-state index contributed by atoms with van der Waals surface area (Å²) in [7, 11) is 0. The minimum absolute atomic E-state index is 0.0392. The van der Waals surface area contributed by atoms with E-state index >= 15 is 0 Å². The van der Waals surface area contributed by atoms with Crippen molar-refractivity contribution in [1.29, 1.82) is 0 Å². The van der Waals surface area contributed by atoms with E-state index in [1.165, 1.54) is 24.3 Å². The first-order valence-electron chi connectivity index (χ1n) is 19.1. The average Bonchev–Trinajstić information content (AvgIpc) is 3.17. The molecule has 6 amide bonds. The van der Waals surface area contributed by atoms with E-state index in [2.05, 4.69) is 32.7 Å². The summed E-state index contributed by atoms with van der Waals surface area (Å²) in [5, 5.41) is 24.0. The van der Waals surface area contributed by atoms with Crippen LogP contribution in [0.1, 0.15) is 70.8 Å². The Hall–Kier alpha value is -6.24. The van der Waals surface area contributed by atoms with E-state index in [0.717, 1.165) is 25.7 Å². The predicted octanol–water partition coefficient (Wildman–Crippen LogP) is 4.34. The van der Waals surface area contributed by atoms with E-state index in [1.54, 1.807) is 38.1 Å². The second-order valence-corrected chi connectivity index (χ2v) is 13.7. The fraction of sp³-hybridized carbons (Fsp3) is 0.487. The maximum atomic E-state index is 13.5. The maximum absolute atomic E-state index is 13.5. The summed E-state index contributed by atoms with van der Waals surface area (Å²) in [6.07, 6.45) is 7.36. The lowest BCUT2D eigenvalue weighted by Gasteiger charge is -2.25. The Morgan fingerprint density at radius 2 is 1.64 bits per heavy atom. The first-order chi connectivity index (χ1) is 27.8. The van der Waals surface area contributed by atoms with Crippen LogP contribution in [0.2, 0.25) is 0 Å². The lowest BCUT2D eigenvalue weighted by atomic mass is 10.0. The van der Waals surface area contributed by atoms with Crippen LogP contribution in [0.5, 0.6) is 5.75 Å². The van der Waals surface area contributed by atoms with Crippen molar-refractivity contribution < 1.29 is 52.6 Å². The molecule has 0 radical (unpaired) electrons. The van der Waals surface area contributed by atoms with Crippen LogP contribution in [0.15, 0.2) is 60.7 Å². The SMILES string of the molecule is CC(C)C(NC(=O)CCOCCNC(=O)OC1C/C=C/CCCC1)C(=O)N[C@@H](CCCNC(N)=O)C(=O)Nc1ccc(COC(=O)Oc2ccc([N+](=O)[O-])cc2)cc1. The number of nitrogens with zero attached hydrogens (tertiary/aromatic N) is 1. The van der Waals surface area contributed by atoms with Gasteiger partial charge in [0.1, 0.15) is 30.5 Å². The van der Waals surface area contributed by atoms with Crippen LogP contribution in [0, 0.1) is 16.0 Å². The van der Waals surface area contributed by atoms with Gasteiger partial charge in [-0.05, 0) is 74.3 Å². The molecule has 0 bridgehead atoms. The molecule has 2 aromatic carbocycles. The zero-order valence-corrected chi connectivity index (χ0v) is 32.7. The Balaban J connectivity index is 1.46. The number of nitro groups is 1. The maximum Gasteiger partial charge on any atom is 0.514 e. The topological polar surface area (TPSA) is 269 Å². The number of urea groups is 1. The molecule has 2 aromatic rings. The van der Waals surface area contributed by atoms with Gasteiger partial charge in [-0.2, -0.15) is 0 Å². The van der Waals surface area contributed by atoms with E-state index < -0.39 is 53.0 Å². The number of nitrogens with one attached hydrogen (secondary N) is 5. The molecule has 2 unspecified atom stereocenters. The van der Waals surface area contributed by atoms with Gasteiger partial charge in [0, 0.05) is 43.8 Å². The number of benzene rings is 2. The number of carbonyl (C=O) groups excluding carboxylic acids is 6. The van der Waals surface area contributed by atoms with Gasteiger partial charge in [0.2, 0.25) is 17.7 Å². The fourth-order valence-corrected chi connectivity index (χ4v) is 5.56. The molecule has 19 heteroatoms. The Labute approximate surface area is 336 Å². The first-order valence-corrected chi connectivity index (χ1v) is 19.1. The average molecular weight is 812 g/mol. The van der Waals surface area contributed by atoms with Gasteiger partial charge < -0.3 is 51.3 Å². The molecular formula is C39H53N7O12. The van der Waals surface area contributed by atoms with Crippen LogP contribution in [0.25, 0.3) is 0 Å². The van der Waals surface area contributed by atoms with E-state index in [9.17, 15) is 38.9 Å². The molecule has 3 atom stereocenters. The third-order valence-electron chi connectivity index (χ3n) is 8.67. The molecule has 0 fully saturated rings. The molecule has 1 aliphatic carbocycles. The van der Waals surface area contributed by atoms with Gasteiger partial charge in [0.05, 0.1) is 18.1 Å². The quantitative estimate of drug-likeness (QED) is 0.0257. The number of nitrogens with two attached hydrogens (primary N) is 1. The Bertz CT molecular complexity index is 1700. The van der Waals surface area contributed by atoms with Crippen molar-refractivity contribution in [2.24, 2.45) is 11.7 Å². The van der Waals surface area contributed by atoms with Crippen molar-refractivity contribution in [2.75, 3.05) is 31.6 Å². The Kier molecular flexibility index (Phi) is 20.0. The van der Waals surface area contributed by atoms with Gasteiger partial charge in [-0.1, -0.05) is 38.1 Å². The number of alkyl carbamates (subject to hydrolysis) is 1. The van der Waals surface area contributed by atoms with Gasteiger partial charge in [-0.15, -0.1) is 0 Å². The highest BCUT2D eigenvalue weighted by Gasteiger charge is 2.29. The van der Waals surface area contributed by atoms with Gasteiger partial charge in [0.25, 0.3) is 5.69 Å². The molecule has 0 spiro atoms. The molecule has 0 saturated heterocycles. The van der Waals surface area contributed by atoms with E-state index in [4.69, 9.17) is 24.7 Å².